The number of rotatable bonds is 5. The molecule has 0 bridgehead atoms. The molecule has 5 heteroatoms. The lowest BCUT2D eigenvalue weighted by Crippen LogP contribution is -2.34. The number of halogens is 1. The molecule has 1 atom stereocenters. The standard InChI is InChI=1S/C19H20BrN2OS/c1-22-12-18(14-5-7-15(20)8-6-14)24-19(22)17(21)11-13-3-9-16(23-2)10-4-13/h3-10,12,17H,11,21H2,1-2H3/q+1/t17-/m0/s1. The Morgan fingerprint density at radius 2 is 1.79 bits per heavy atom. The summed E-state index contributed by atoms with van der Waals surface area (Å²) in [5, 5.41) is 1.17. The van der Waals surface area contributed by atoms with Crippen molar-refractivity contribution in [1.29, 1.82) is 0 Å². The van der Waals surface area contributed by atoms with Gasteiger partial charge in [0, 0.05) is 4.47 Å². The number of thiazole rings is 1. The second-order valence-corrected chi connectivity index (χ2v) is 7.69. The van der Waals surface area contributed by atoms with Crippen LogP contribution >= 0.6 is 27.3 Å². The topological polar surface area (TPSA) is 39.1 Å². The number of aryl methyl sites for hydroxylation is 1. The summed E-state index contributed by atoms with van der Waals surface area (Å²) in [4.78, 5) is 1.23. The van der Waals surface area contributed by atoms with Crippen molar-refractivity contribution in [2.75, 3.05) is 7.11 Å². The molecule has 0 aliphatic rings. The first-order valence-electron chi connectivity index (χ1n) is 7.70. The Morgan fingerprint density at radius 3 is 2.42 bits per heavy atom. The molecule has 0 spiro atoms. The van der Waals surface area contributed by atoms with Gasteiger partial charge in [-0.05, 0) is 41.8 Å². The molecule has 3 rings (SSSR count). The van der Waals surface area contributed by atoms with Crippen molar-refractivity contribution in [2.45, 2.75) is 12.5 Å². The molecule has 0 aliphatic heterocycles. The molecule has 3 aromatic rings. The minimum atomic E-state index is -0.0300. The second kappa shape index (κ2) is 7.47. The largest absolute Gasteiger partial charge is 0.497 e. The Balaban J connectivity index is 1.79. The van der Waals surface area contributed by atoms with Gasteiger partial charge in [0.1, 0.15) is 23.7 Å². The lowest BCUT2D eigenvalue weighted by molar-refractivity contribution is -0.674. The Hall–Kier alpha value is -1.69. The highest BCUT2D eigenvalue weighted by Crippen LogP contribution is 2.29. The Morgan fingerprint density at radius 1 is 1.12 bits per heavy atom. The molecule has 0 saturated carbocycles. The van der Waals surface area contributed by atoms with E-state index in [0.717, 1.165) is 16.6 Å². The molecule has 24 heavy (non-hydrogen) atoms. The number of nitrogens with two attached hydrogens (primary N) is 1. The number of hydrogen-bond donors (Lipinski definition) is 1. The maximum absolute atomic E-state index is 6.46. The van der Waals surface area contributed by atoms with Gasteiger partial charge in [0.25, 0.3) is 5.01 Å². The van der Waals surface area contributed by atoms with E-state index in [4.69, 9.17) is 10.5 Å². The Kier molecular flexibility index (Phi) is 5.33. The highest BCUT2D eigenvalue weighted by Gasteiger charge is 2.22. The number of ether oxygens (including phenoxy) is 1. The van der Waals surface area contributed by atoms with E-state index in [1.807, 2.05) is 12.1 Å². The molecule has 124 valence electrons. The molecular formula is C19H20BrN2OS+. The quantitative estimate of drug-likeness (QED) is 0.646. The van der Waals surface area contributed by atoms with Gasteiger partial charge in [-0.2, -0.15) is 4.57 Å². The van der Waals surface area contributed by atoms with Crippen molar-refractivity contribution in [3.05, 3.63) is 69.8 Å². The molecule has 0 fully saturated rings. The maximum atomic E-state index is 6.46. The number of benzene rings is 2. The van der Waals surface area contributed by atoms with Gasteiger partial charge in [0.2, 0.25) is 0 Å². The van der Waals surface area contributed by atoms with Gasteiger partial charge < -0.3 is 10.5 Å². The number of nitrogens with zero attached hydrogens (tertiary/aromatic N) is 1. The van der Waals surface area contributed by atoms with Gasteiger partial charge in [-0.3, -0.25) is 0 Å². The summed E-state index contributed by atoms with van der Waals surface area (Å²) in [7, 11) is 3.73. The van der Waals surface area contributed by atoms with Gasteiger partial charge in [-0.25, -0.2) is 0 Å². The third kappa shape index (κ3) is 3.86. The van der Waals surface area contributed by atoms with E-state index in [1.54, 1.807) is 18.4 Å². The average Bonchev–Trinajstić information content (AvgIpc) is 2.98. The van der Waals surface area contributed by atoms with Crippen LogP contribution in [0.3, 0.4) is 0 Å². The van der Waals surface area contributed by atoms with E-state index in [2.05, 4.69) is 70.1 Å². The lowest BCUT2D eigenvalue weighted by atomic mass is 10.1. The van der Waals surface area contributed by atoms with Crippen LogP contribution in [-0.4, -0.2) is 7.11 Å². The van der Waals surface area contributed by atoms with Crippen LogP contribution in [-0.2, 0) is 13.5 Å². The highest BCUT2D eigenvalue weighted by atomic mass is 79.9. The predicted molar refractivity (Wildman–Crippen MR) is 102 cm³/mol. The van der Waals surface area contributed by atoms with E-state index in [0.29, 0.717) is 0 Å². The molecule has 1 heterocycles. The Labute approximate surface area is 154 Å². The third-order valence-corrected chi connectivity index (χ3v) is 5.82. The second-order valence-electron chi connectivity index (χ2n) is 5.71. The van der Waals surface area contributed by atoms with Gasteiger partial charge >= 0.3 is 0 Å². The van der Waals surface area contributed by atoms with Gasteiger partial charge in [-0.1, -0.05) is 51.5 Å². The van der Waals surface area contributed by atoms with Crippen molar-refractivity contribution >= 4 is 27.3 Å². The number of hydrogen-bond acceptors (Lipinski definition) is 3. The molecule has 1 aromatic heterocycles. The van der Waals surface area contributed by atoms with Crippen LogP contribution in [0.5, 0.6) is 5.75 Å². The van der Waals surface area contributed by atoms with Gasteiger partial charge in [-0.15, -0.1) is 0 Å². The first-order chi connectivity index (χ1) is 11.6. The zero-order valence-electron chi connectivity index (χ0n) is 13.7. The minimum Gasteiger partial charge on any atom is -0.497 e. The smallest absolute Gasteiger partial charge is 0.254 e. The number of methoxy groups -OCH3 is 1. The lowest BCUT2D eigenvalue weighted by Gasteiger charge is -2.07. The molecule has 0 radical (unpaired) electrons. The summed E-state index contributed by atoms with van der Waals surface area (Å²) in [6.07, 6.45) is 2.95. The first-order valence-corrected chi connectivity index (χ1v) is 9.31. The van der Waals surface area contributed by atoms with E-state index >= 15 is 0 Å². The summed E-state index contributed by atoms with van der Waals surface area (Å²) in [6, 6.07) is 16.4. The van der Waals surface area contributed by atoms with Crippen molar-refractivity contribution in [2.24, 2.45) is 12.8 Å². The molecule has 0 unspecified atom stereocenters. The average molecular weight is 404 g/mol. The first kappa shape index (κ1) is 17.1. The van der Waals surface area contributed by atoms with Crippen molar-refractivity contribution in [1.82, 2.24) is 0 Å². The van der Waals surface area contributed by atoms with E-state index in [1.165, 1.54) is 21.0 Å². The fourth-order valence-corrected chi connectivity index (χ4v) is 4.02. The molecule has 0 aliphatic carbocycles. The van der Waals surface area contributed by atoms with Gasteiger partial charge in [0.15, 0.2) is 6.20 Å². The Bertz CT molecular complexity index is 812. The minimum absolute atomic E-state index is 0.0300. The molecular weight excluding hydrogens is 384 g/mol. The van der Waals surface area contributed by atoms with E-state index in [-0.39, 0.29) is 6.04 Å². The normalized spacial score (nSPS) is 12.2. The van der Waals surface area contributed by atoms with Crippen molar-refractivity contribution in [3.63, 3.8) is 0 Å². The third-order valence-electron chi connectivity index (χ3n) is 3.93. The van der Waals surface area contributed by atoms with Crippen LogP contribution in [0, 0.1) is 0 Å². The van der Waals surface area contributed by atoms with E-state index < -0.39 is 0 Å². The van der Waals surface area contributed by atoms with Crippen molar-refractivity contribution < 1.29 is 9.30 Å². The van der Waals surface area contributed by atoms with Crippen LogP contribution < -0.4 is 15.0 Å². The SMILES string of the molecule is COc1ccc(C[C@H](N)c2sc(-c3ccc(Br)cc3)c[n+]2C)cc1. The summed E-state index contributed by atoms with van der Waals surface area (Å²) in [6.45, 7) is 0. The van der Waals surface area contributed by atoms with Crippen molar-refractivity contribution in [3.8, 4) is 16.2 Å². The van der Waals surface area contributed by atoms with Crippen LogP contribution in [0.2, 0.25) is 0 Å². The van der Waals surface area contributed by atoms with E-state index in [9.17, 15) is 0 Å². The monoisotopic (exact) mass is 403 g/mol. The molecule has 0 saturated heterocycles. The molecule has 2 N–H and O–H groups in total. The highest BCUT2D eigenvalue weighted by molar-refractivity contribution is 9.10. The van der Waals surface area contributed by atoms with Crippen LogP contribution in [0.1, 0.15) is 16.6 Å². The summed E-state index contributed by atoms with van der Waals surface area (Å²) in [5.41, 5.74) is 8.88. The number of aromatic nitrogens is 1. The summed E-state index contributed by atoms with van der Waals surface area (Å²) >= 11 is 5.23. The van der Waals surface area contributed by atoms with Crippen LogP contribution in [0.15, 0.2) is 59.2 Å². The van der Waals surface area contributed by atoms with Crippen LogP contribution in [0.25, 0.3) is 10.4 Å². The molecule has 2 aromatic carbocycles. The zero-order valence-corrected chi connectivity index (χ0v) is 16.1. The summed E-state index contributed by atoms with van der Waals surface area (Å²) < 4.78 is 8.42. The fourth-order valence-electron chi connectivity index (χ4n) is 2.64. The summed E-state index contributed by atoms with van der Waals surface area (Å²) in [5.74, 6) is 0.867. The predicted octanol–water partition coefficient (Wildman–Crippen LogP) is 4.25. The molecule has 3 nitrogen and oxygen atoms in total. The maximum Gasteiger partial charge on any atom is 0.254 e. The zero-order chi connectivity index (χ0) is 17.1. The van der Waals surface area contributed by atoms with Gasteiger partial charge in [0.05, 0.1) is 7.11 Å². The fraction of sp³-hybridized carbons (Fsp3) is 0.211. The molecule has 0 amide bonds. The van der Waals surface area contributed by atoms with Crippen LogP contribution in [0.4, 0.5) is 0 Å².